The Hall–Kier alpha value is -0.790. The first kappa shape index (κ1) is 9.30. The molecular formula is C10H16O2. The number of allylic oxidation sites excluding steroid dienone is 1. The fourth-order valence-electron chi connectivity index (χ4n) is 1.08. The van der Waals surface area contributed by atoms with Crippen LogP contribution in [0.25, 0.3) is 0 Å². The molecule has 0 N–H and O–H groups in total. The summed E-state index contributed by atoms with van der Waals surface area (Å²) in [5.41, 5.74) is 0.200. The first-order chi connectivity index (χ1) is 5.47. The maximum atomic E-state index is 10.7. The van der Waals surface area contributed by atoms with E-state index < -0.39 is 0 Å². The molecule has 0 aromatic rings. The summed E-state index contributed by atoms with van der Waals surface area (Å²) < 4.78 is 4.84. The van der Waals surface area contributed by atoms with Crippen molar-refractivity contribution < 1.29 is 9.53 Å². The summed E-state index contributed by atoms with van der Waals surface area (Å²) in [4.78, 5) is 10.7. The molecule has 68 valence electrons. The van der Waals surface area contributed by atoms with Gasteiger partial charge < -0.3 is 4.74 Å². The Morgan fingerprint density at radius 2 is 2.17 bits per heavy atom. The highest BCUT2D eigenvalue weighted by atomic mass is 16.5. The molecule has 1 aliphatic rings. The number of cyclic esters (lactones) is 1. The zero-order valence-corrected chi connectivity index (χ0v) is 7.96. The Morgan fingerprint density at radius 1 is 1.50 bits per heavy atom. The van der Waals surface area contributed by atoms with Crippen LogP contribution in [0.4, 0.5) is 0 Å². The maximum absolute atomic E-state index is 10.7. The Labute approximate surface area is 73.6 Å². The van der Waals surface area contributed by atoms with Crippen LogP contribution in [0.1, 0.15) is 27.2 Å². The van der Waals surface area contributed by atoms with Gasteiger partial charge in [-0.25, -0.2) is 0 Å². The number of hydrogen-bond donors (Lipinski definition) is 0. The van der Waals surface area contributed by atoms with Gasteiger partial charge in [0.15, 0.2) is 0 Å². The smallest absolute Gasteiger partial charge is 0.306 e. The molecule has 0 bridgehead atoms. The number of hydrogen-bond acceptors (Lipinski definition) is 2. The molecule has 1 rings (SSSR count). The Morgan fingerprint density at radius 3 is 2.58 bits per heavy atom. The Kier molecular flexibility index (Phi) is 2.55. The van der Waals surface area contributed by atoms with Crippen LogP contribution in [-0.4, -0.2) is 12.6 Å². The van der Waals surface area contributed by atoms with Gasteiger partial charge in [-0.3, -0.25) is 4.79 Å². The van der Waals surface area contributed by atoms with Crippen molar-refractivity contribution in [2.24, 2.45) is 11.3 Å². The summed E-state index contributed by atoms with van der Waals surface area (Å²) in [6.45, 7) is 6.98. The van der Waals surface area contributed by atoms with E-state index in [4.69, 9.17) is 4.74 Å². The highest BCUT2D eigenvalue weighted by molar-refractivity contribution is 5.71. The lowest BCUT2D eigenvalue weighted by molar-refractivity contribution is -0.137. The van der Waals surface area contributed by atoms with Crippen molar-refractivity contribution in [2.45, 2.75) is 27.2 Å². The SMILES string of the molecule is CC(C)(C)/C=C/[C@H]1COC(=O)C1. The third kappa shape index (κ3) is 3.07. The summed E-state index contributed by atoms with van der Waals surface area (Å²) in [6, 6.07) is 0. The van der Waals surface area contributed by atoms with Crippen LogP contribution < -0.4 is 0 Å². The molecule has 1 aliphatic heterocycles. The van der Waals surface area contributed by atoms with Gasteiger partial charge in [-0.05, 0) is 5.41 Å². The molecular weight excluding hydrogens is 152 g/mol. The predicted octanol–water partition coefficient (Wildman–Crippen LogP) is 2.15. The molecule has 0 amide bonds. The molecule has 2 heteroatoms. The number of carbonyl (C=O) groups is 1. The van der Waals surface area contributed by atoms with E-state index in [1.807, 2.05) is 0 Å². The van der Waals surface area contributed by atoms with Gasteiger partial charge in [-0.2, -0.15) is 0 Å². The van der Waals surface area contributed by atoms with Crippen LogP contribution in [0.3, 0.4) is 0 Å². The van der Waals surface area contributed by atoms with Crippen molar-refractivity contribution in [3.63, 3.8) is 0 Å². The second-order valence-electron chi connectivity index (χ2n) is 4.37. The average molecular weight is 168 g/mol. The molecule has 0 aliphatic carbocycles. The van der Waals surface area contributed by atoms with Gasteiger partial charge in [0.05, 0.1) is 13.0 Å². The zero-order valence-electron chi connectivity index (χ0n) is 7.96. The molecule has 0 unspecified atom stereocenters. The van der Waals surface area contributed by atoms with E-state index in [-0.39, 0.29) is 11.4 Å². The third-order valence-electron chi connectivity index (χ3n) is 1.76. The summed E-state index contributed by atoms with van der Waals surface area (Å²) in [7, 11) is 0. The standard InChI is InChI=1S/C10H16O2/c1-10(2,3)5-4-8-6-9(11)12-7-8/h4-5,8H,6-7H2,1-3H3/b5-4+/t8-/m1/s1. The number of ether oxygens (including phenoxy) is 1. The van der Waals surface area contributed by atoms with Gasteiger partial charge in [0.1, 0.15) is 0 Å². The number of rotatable bonds is 1. The number of carbonyl (C=O) groups excluding carboxylic acids is 1. The molecule has 1 atom stereocenters. The van der Waals surface area contributed by atoms with Crippen LogP contribution in [0.15, 0.2) is 12.2 Å². The topological polar surface area (TPSA) is 26.3 Å². The lowest BCUT2D eigenvalue weighted by Crippen LogP contribution is -2.01. The summed E-state index contributed by atoms with van der Waals surface area (Å²) in [5.74, 6) is 0.232. The molecule has 0 aromatic heterocycles. The molecule has 0 spiro atoms. The molecule has 2 nitrogen and oxygen atoms in total. The summed E-state index contributed by atoms with van der Waals surface area (Å²) >= 11 is 0. The minimum Gasteiger partial charge on any atom is -0.465 e. The zero-order chi connectivity index (χ0) is 9.19. The van der Waals surface area contributed by atoms with Crippen LogP contribution in [0.2, 0.25) is 0 Å². The average Bonchev–Trinajstić information content (AvgIpc) is 2.30. The normalized spacial score (nSPS) is 24.9. The van der Waals surface area contributed by atoms with E-state index in [2.05, 4.69) is 32.9 Å². The predicted molar refractivity (Wildman–Crippen MR) is 47.7 cm³/mol. The second kappa shape index (κ2) is 3.30. The Balaban J connectivity index is 2.42. The van der Waals surface area contributed by atoms with Gasteiger partial charge in [0, 0.05) is 5.92 Å². The Bertz CT molecular complexity index is 198. The second-order valence-corrected chi connectivity index (χ2v) is 4.37. The molecule has 1 fully saturated rings. The van der Waals surface area contributed by atoms with Crippen LogP contribution in [0, 0.1) is 11.3 Å². The van der Waals surface area contributed by atoms with Crippen LogP contribution in [0.5, 0.6) is 0 Å². The van der Waals surface area contributed by atoms with Gasteiger partial charge in [0.25, 0.3) is 0 Å². The van der Waals surface area contributed by atoms with Crippen molar-refractivity contribution in [3.8, 4) is 0 Å². The summed E-state index contributed by atoms with van der Waals surface area (Å²) in [6.07, 6.45) is 4.77. The third-order valence-corrected chi connectivity index (χ3v) is 1.76. The maximum Gasteiger partial charge on any atom is 0.306 e. The van der Waals surface area contributed by atoms with E-state index in [9.17, 15) is 4.79 Å². The lowest BCUT2D eigenvalue weighted by Gasteiger charge is -2.11. The minimum atomic E-state index is -0.0708. The van der Waals surface area contributed by atoms with Crippen LogP contribution >= 0.6 is 0 Å². The van der Waals surface area contributed by atoms with Crippen LogP contribution in [-0.2, 0) is 9.53 Å². The van der Waals surface area contributed by atoms with E-state index in [0.717, 1.165) is 0 Å². The summed E-state index contributed by atoms with van der Waals surface area (Å²) in [5, 5.41) is 0. The lowest BCUT2D eigenvalue weighted by atomic mass is 9.94. The molecule has 1 saturated heterocycles. The van der Waals surface area contributed by atoms with E-state index in [0.29, 0.717) is 18.9 Å². The highest BCUT2D eigenvalue weighted by Crippen LogP contribution is 2.20. The number of esters is 1. The van der Waals surface area contributed by atoms with Crippen molar-refractivity contribution in [1.29, 1.82) is 0 Å². The minimum absolute atomic E-state index is 0.0708. The van der Waals surface area contributed by atoms with Crippen molar-refractivity contribution in [2.75, 3.05) is 6.61 Å². The monoisotopic (exact) mass is 168 g/mol. The molecule has 0 aromatic carbocycles. The van der Waals surface area contributed by atoms with Gasteiger partial charge in [-0.15, -0.1) is 0 Å². The first-order valence-electron chi connectivity index (χ1n) is 4.32. The van der Waals surface area contributed by atoms with Crippen molar-refractivity contribution in [3.05, 3.63) is 12.2 Å². The molecule has 12 heavy (non-hydrogen) atoms. The molecule has 0 radical (unpaired) electrons. The molecule has 1 heterocycles. The highest BCUT2D eigenvalue weighted by Gasteiger charge is 2.21. The fraction of sp³-hybridized carbons (Fsp3) is 0.700. The van der Waals surface area contributed by atoms with E-state index in [1.165, 1.54) is 0 Å². The van der Waals surface area contributed by atoms with E-state index >= 15 is 0 Å². The quantitative estimate of drug-likeness (QED) is 0.443. The van der Waals surface area contributed by atoms with Crippen molar-refractivity contribution >= 4 is 5.97 Å². The van der Waals surface area contributed by atoms with E-state index in [1.54, 1.807) is 0 Å². The van der Waals surface area contributed by atoms with Gasteiger partial charge in [0.2, 0.25) is 0 Å². The first-order valence-corrected chi connectivity index (χ1v) is 4.32. The van der Waals surface area contributed by atoms with Gasteiger partial charge in [-0.1, -0.05) is 32.9 Å². The molecule has 0 saturated carbocycles. The largest absolute Gasteiger partial charge is 0.465 e. The van der Waals surface area contributed by atoms with Gasteiger partial charge >= 0.3 is 5.97 Å². The fourth-order valence-corrected chi connectivity index (χ4v) is 1.08. The van der Waals surface area contributed by atoms with Crippen molar-refractivity contribution in [1.82, 2.24) is 0 Å².